The molecule has 0 atom stereocenters. The molecule has 2 N–H and O–H groups in total. The number of H-pyrrole nitrogens is 1. The van der Waals surface area contributed by atoms with Crippen molar-refractivity contribution in [2.24, 2.45) is 0 Å². The molecule has 10 heteroatoms. The lowest BCUT2D eigenvalue weighted by molar-refractivity contribution is -0.274. The monoisotopic (exact) mass is 371 g/mol. The van der Waals surface area contributed by atoms with Crippen LogP contribution < -0.4 is 9.47 Å². The van der Waals surface area contributed by atoms with Gasteiger partial charge in [-0.25, -0.2) is 9.89 Å². The van der Waals surface area contributed by atoms with Crippen LogP contribution in [-0.4, -0.2) is 39.0 Å². The van der Waals surface area contributed by atoms with E-state index >= 15 is 0 Å². The van der Waals surface area contributed by atoms with Crippen LogP contribution in [0.4, 0.5) is 13.2 Å². The second kappa shape index (κ2) is 7.22. The highest BCUT2D eigenvalue weighted by Gasteiger charge is 2.31. The molecule has 0 unspecified atom stereocenters. The molecule has 0 amide bonds. The zero-order chi connectivity index (χ0) is 18.7. The summed E-state index contributed by atoms with van der Waals surface area (Å²) in [6.07, 6.45) is -1.99. The highest BCUT2D eigenvalue weighted by Crippen LogP contribution is 2.35. The van der Waals surface area contributed by atoms with Gasteiger partial charge in [-0.3, -0.25) is 0 Å². The first-order chi connectivity index (χ1) is 12.3. The molecule has 0 saturated heterocycles. The van der Waals surface area contributed by atoms with Crippen molar-refractivity contribution < 1.29 is 32.5 Å². The first-order valence-electron chi connectivity index (χ1n) is 7.98. The summed E-state index contributed by atoms with van der Waals surface area (Å²) in [5, 5.41) is 18.3. The van der Waals surface area contributed by atoms with Gasteiger partial charge in [0.25, 0.3) is 5.88 Å². The standard InChI is InChI=1S/C16H16F3N3O4/c17-16(18,19)26-12-7-3-10(4-8-12)9-1-5-11(6-2-9)25-14-13(15(23)24)20-22-21-14/h3-4,7-9,11H,1-2,5-6H2,(H,23,24)(H,20,21,22). The zero-order valence-corrected chi connectivity index (χ0v) is 13.5. The number of hydrogen-bond acceptors (Lipinski definition) is 5. The van der Waals surface area contributed by atoms with Crippen LogP contribution >= 0.6 is 0 Å². The fourth-order valence-electron chi connectivity index (χ4n) is 3.05. The number of benzene rings is 1. The Balaban J connectivity index is 1.55. The predicted molar refractivity (Wildman–Crippen MR) is 82.1 cm³/mol. The molecule has 1 saturated carbocycles. The molecular weight excluding hydrogens is 355 g/mol. The Morgan fingerprint density at radius 3 is 2.38 bits per heavy atom. The molecule has 7 nitrogen and oxygen atoms in total. The molecule has 1 aromatic carbocycles. The Bertz CT molecular complexity index is 753. The van der Waals surface area contributed by atoms with Crippen LogP contribution in [0.3, 0.4) is 0 Å². The molecule has 2 aromatic rings. The van der Waals surface area contributed by atoms with Gasteiger partial charge in [0.05, 0.1) is 0 Å². The number of alkyl halides is 3. The van der Waals surface area contributed by atoms with Crippen molar-refractivity contribution in [2.45, 2.75) is 44.1 Å². The highest BCUT2D eigenvalue weighted by atomic mass is 19.4. The lowest BCUT2D eigenvalue weighted by Crippen LogP contribution is -2.24. The van der Waals surface area contributed by atoms with Crippen LogP contribution in [0.2, 0.25) is 0 Å². The molecule has 1 heterocycles. The molecule has 0 radical (unpaired) electrons. The van der Waals surface area contributed by atoms with Crippen molar-refractivity contribution in [3.63, 3.8) is 0 Å². The number of halogens is 3. The lowest BCUT2D eigenvalue weighted by atomic mass is 9.83. The summed E-state index contributed by atoms with van der Waals surface area (Å²) in [5.74, 6) is -1.27. The number of carboxylic acid groups (broad SMARTS) is 1. The van der Waals surface area contributed by atoms with Gasteiger partial charge in [-0.15, -0.1) is 13.2 Å². The minimum Gasteiger partial charge on any atom is -0.476 e. The van der Waals surface area contributed by atoms with Gasteiger partial charge in [0.1, 0.15) is 11.9 Å². The van der Waals surface area contributed by atoms with E-state index in [1.807, 2.05) is 0 Å². The summed E-state index contributed by atoms with van der Waals surface area (Å²) in [6.45, 7) is 0. The Hall–Kier alpha value is -2.78. The van der Waals surface area contributed by atoms with Crippen LogP contribution in [0, 0.1) is 0 Å². The SMILES string of the molecule is O=C(O)c1[nH]nnc1OC1CCC(c2ccc(OC(F)(F)F)cc2)CC1. The van der Waals surface area contributed by atoms with Crippen LogP contribution in [0.25, 0.3) is 0 Å². The van der Waals surface area contributed by atoms with Gasteiger partial charge in [0.2, 0.25) is 5.69 Å². The summed E-state index contributed by atoms with van der Waals surface area (Å²) in [4.78, 5) is 11.0. The van der Waals surface area contributed by atoms with Gasteiger partial charge in [0, 0.05) is 0 Å². The number of nitrogens with one attached hydrogen (secondary N) is 1. The van der Waals surface area contributed by atoms with Crippen molar-refractivity contribution in [1.82, 2.24) is 15.4 Å². The van der Waals surface area contributed by atoms with E-state index in [4.69, 9.17) is 9.84 Å². The normalized spacial score (nSPS) is 20.6. The van der Waals surface area contributed by atoms with Crippen molar-refractivity contribution >= 4 is 5.97 Å². The van der Waals surface area contributed by atoms with E-state index in [2.05, 4.69) is 20.1 Å². The van der Waals surface area contributed by atoms with E-state index in [9.17, 15) is 18.0 Å². The maximum absolute atomic E-state index is 12.2. The van der Waals surface area contributed by atoms with Crippen molar-refractivity contribution in [3.05, 3.63) is 35.5 Å². The van der Waals surface area contributed by atoms with Crippen molar-refractivity contribution in [2.75, 3.05) is 0 Å². The van der Waals surface area contributed by atoms with E-state index in [-0.39, 0.29) is 29.3 Å². The van der Waals surface area contributed by atoms with E-state index < -0.39 is 12.3 Å². The predicted octanol–water partition coefficient (Wildman–Crippen LogP) is 3.51. The topological polar surface area (TPSA) is 97.3 Å². The van der Waals surface area contributed by atoms with E-state index in [1.165, 1.54) is 12.1 Å². The number of carbonyl (C=O) groups is 1. The summed E-state index contributed by atoms with van der Waals surface area (Å²) in [5.41, 5.74) is 0.748. The number of rotatable bonds is 5. The molecule has 140 valence electrons. The Morgan fingerprint density at radius 1 is 1.15 bits per heavy atom. The number of aromatic amines is 1. The molecular formula is C16H16F3N3O4. The van der Waals surface area contributed by atoms with Crippen LogP contribution in [0.1, 0.15) is 47.7 Å². The Kier molecular flexibility index (Phi) is 5.01. The number of nitrogens with zero attached hydrogens (tertiary/aromatic N) is 2. The summed E-state index contributed by atoms with van der Waals surface area (Å²) in [7, 11) is 0. The molecule has 3 rings (SSSR count). The smallest absolute Gasteiger partial charge is 0.476 e. The Morgan fingerprint density at radius 2 is 1.81 bits per heavy atom. The third-order valence-electron chi connectivity index (χ3n) is 4.27. The maximum atomic E-state index is 12.2. The molecule has 26 heavy (non-hydrogen) atoms. The first-order valence-corrected chi connectivity index (χ1v) is 7.98. The molecule has 1 aliphatic rings. The second-order valence-electron chi connectivity index (χ2n) is 6.01. The van der Waals surface area contributed by atoms with E-state index in [1.54, 1.807) is 12.1 Å². The lowest BCUT2D eigenvalue weighted by Gasteiger charge is -2.28. The Labute approximate surface area is 146 Å². The summed E-state index contributed by atoms with van der Waals surface area (Å²) >= 11 is 0. The van der Waals surface area contributed by atoms with Crippen LogP contribution in [-0.2, 0) is 0 Å². The third-order valence-corrected chi connectivity index (χ3v) is 4.27. The molecule has 0 spiro atoms. The number of hydrogen-bond donors (Lipinski definition) is 2. The summed E-state index contributed by atoms with van der Waals surface area (Å²) < 4.78 is 46.0. The molecule has 0 aliphatic heterocycles. The molecule has 1 aliphatic carbocycles. The van der Waals surface area contributed by atoms with Crippen LogP contribution in [0.5, 0.6) is 11.6 Å². The number of carboxylic acids is 1. The molecule has 1 aromatic heterocycles. The van der Waals surface area contributed by atoms with Gasteiger partial charge in [-0.05, 0) is 49.3 Å². The largest absolute Gasteiger partial charge is 0.573 e. The van der Waals surface area contributed by atoms with Gasteiger partial charge >= 0.3 is 12.3 Å². The second-order valence-corrected chi connectivity index (χ2v) is 6.01. The van der Waals surface area contributed by atoms with Crippen molar-refractivity contribution in [1.29, 1.82) is 0 Å². The molecule has 1 fully saturated rings. The molecule has 0 bridgehead atoms. The first kappa shape index (κ1) is 18.0. The summed E-state index contributed by atoms with van der Waals surface area (Å²) in [6, 6.07) is 5.88. The minimum atomic E-state index is -4.70. The van der Waals surface area contributed by atoms with Gasteiger partial charge in [-0.2, -0.15) is 0 Å². The number of aromatic nitrogens is 3. The number of aromatic carboxylic acids is 1. The average Bonchev–Trinajstić information content (AvgIpc) is 3.03. The van der Waals surface area contributed by atoms with E-state index in [0.717, 1.165) is 18.4 Å². The number of ether oxygens (including phenoxy) is 2. The fraction of sp³-hybridized carbons (Fsp3) is 0.438. The zero-order valence-electron chi connectivity index (χ0n) is 13.5. The fourth-order valence-corrected chi connectivity index (χ4v) is 3.05. The van der Waals surface area contributed by atoms with Gasteiger partial charge < -0.3 is 14.6 Å². The third kappa shape index (κ3) is 4.44. The van der Waals surface area contributed by atoms with Gasteiger partial charge in [0.15, 0.2) is 0 Å². The average molecular weight is 371 g/mol. The highest BCUT2D eigenvalue weighted by molar-refractivity contribution is 5.87. The van der Waals surface area contributed by atoms with Crippen LogP contribution in [0.15, 0.2) is 24.3 Å². The minimum absolute atomic E-state index is 0.0328. The van der Waals surface area contributed by atoms with Gasteiger partial charge in [-0.1, -0.05) is 22.4 Å². The van der Waals surface area contributed by atoms with E-state index in [0.29, 0.717) is 12.8 Å². The van der Waals surface area contributed by atoms with Crippen molar-refractivity contribution in [3.8, 4) is 11.6 Å². The quantitative estimate of drug-likeness (QED) is 0.835. The maximum Gasteiger partial charge on any atom is 0.573 e.